The van der Waals surface area contributed by atoms with Crippen LogP contribution >= 0.6 is 0 Å². The van der Waals surface area contributed by atoms with Crippen molar-refractivity contribution in [3.63, 3.8) is 0 Å². The molecule has 1 aliphatic heterocycles. The highest BCUT2D eigenvalue weighted by molar-refractivity contribution is 5.94. The summed E-state index contributed by atoms with van der Waals surface area (Å²) in [5, 5.41) is 7.01. The molecule has 4 rings (SSSR count). The van der Waals surface area contributed by atoms with Gasteiger partial charge in [0.25, 0.3) is 11.8 Å². The molecule has 2 heterocycles. The molecule has 1 N–H and O–H groups in total. The molecule has 39 heavy (non-hydrogen) atoms. The number of benzene rings is 1. The molecule has 1 saturated heterocycles. The summed E-state index contributed by atoms with van der Waals surface area (Å²) in [6.45, 7) is -0.514. The highest BCUT2D eigenvalue weighted by atomic mass is 19.4. The van der Waals surface area contributed by atoms with E-state index in [9.17, 15) is 40.3 Å². The quantitative estimate of drug-likeness (QED) is 0.500. The van der Waals surface area contributed by atoms with Gasteiger partial charge in [0, 0.05) is 31.4 Å². The lowest BCUT2D eigenvalue weighted by Crippen LogP contribution is -2.40. The molecule has 1 aromatic carbocycles. The van der Waals surface area contributed by atoms with Gasteiger partial charge in [-0.05, 0) is 44.2 Å². The van der Waals surface area contributed by atoms with Gasteiger partial charge in [-0.2, -0.15) is 18.3 Å². The smallest absolute Gasteiger partial charge is 0.484 e. The average molecular weight is 566 g/mol. The van der Waals surface area contributed by atoms with Crippen molar-refractivity contribution in [2.45, 2.75) is 62.8 Å². The molecule has 8 nitrogen and oxygen atoms in total. The number of nitrogens with zero attached hydrogens (tertiary/aromatic N) is 3. The Balaban J connectivity index is 1.21. The third-order valence-corrected chi connectivity index (χ3v) is 6.63. The number of carbonyl (C=O) groups excluding carboxylic acids is 2. The number of hydrogen-bond acceptors (Lipinski definition) is 5. The summed E-state index contributed by atoms with van der Waals surface area (Å²) in [6, 6.07) is 1.82. The fraction of sp³-hybridized carbons (Fsp3) is 0.542. The van der Waals surface area contributed by atoms with E-state index in [1.807, 2.05) is 0 Å². The second-order valence-electron chi connectivity index (χ2n) is 9.44. The van der Waals surface area contributed by atoms with Crippen molar-refractivity contribution in [3.05, 3.63) is 47.5 Å². The zero-order chi connectivity index (χ0) is 28.4. The van der Waals surface area contributed by atoms with Gasteiger partial charge in [0.1, 0.15) is 11.6 Å². The third-order valence-electron chi connectivity index (χ3n) is 6.63. The monoisotopic (exact) mass is 566 g/mol. The Morgan fingerprint density at radius 2 is 1.77 bits per heavy atom. The van der Waals surface area contributed by atoms with E-state index in [1.54, 1.807) is 10.9 Å². The van der Waals surface area contributed by atoms with Crippen LogP contribution in [-0.4, -0.2) is 64.7 Å². The van der Waals surface area contributed by atoms with Gasteiger partial charge in [-0.25, -0.2) is 4.39 Å². The Hall–Kier alpha value is -3.36. The molecule has 2 amide bonds. The van der Waals surface area contributed by atoms with Crippen molar-refractivity contribution in [3.8, 4) is 5.75 Å². The van der Waals surface area contributed by atoms with Gasteiger partial charge in [0.2, 0.25) is 0 Å². The van der Waals surface area contributed by atoms with E-state index >= 15 is 0 Å². The summed E-state index contributed by atoms with van der Waals surface area (Å²) < 4.78 is 99.6. The lowest BCUT2D eigenvalue weighted by molar-refractivity contribution is -0.340. The number of alkyl halides is 6. The molecule has 214 valence electrons. The first-order valence-electron chi connectivity index (χ1n) is 12.2. The fourth-order valence-electron chi connectivity index (χ4n) is 4.75. The van der Waals surface area contributed by atoms with Crippen molar-refractivity contribution >= 4 is 11.8 Å². The molecule has 1 aliphatic carbocycles. The Labute approximate surface area is 218 Å². The van der Waals surface area contributed by atoms with Crippen LogP contribution in [0.15, 0.2) is 30.6 Å². The summed E-state index contributed by atoms with van der Waals surface area (Å²) in [5.41, 5.74) is -1.17. The van der Waals surface area contributed by atoms with E-state index in [2.05, 4.69) is 15.2 Å². The molecule has 0 unspecified atom stereocenters. The number of amides is 2. The van der Waals surface area contributed by atoms with Crippen LogP contribution in [0.2, 0.25) is 0 Å². The van der Waals surface area contributed by atoms with Gasteiger partial charge >= 0.3 is 12.5 Å². The van der Waals surface area contributed by atoms with Crippen molar-refractivity contribution in [2.24, 2.45) is 0 Å². The van der Waals surface area contributed by atoms with Crippen LogP contribution in [0, 0.1) is 5.82 Å². The maximum atomic E-state index is 13.6. The predicted octanol–water partition coefficient (Wildman–Crippen LogP) is 4.47. The fourth-order valence-corrected chi connectivity index (χ4v) is 4.75. The summed E-state index contributed by atoms with van der Waals surface area (Å²) in [5.74, 6) is -2.64. The number of hydrogen-bond donors (Lipinski definition) is 1. The normalized spacial score (nSPS) is 22.1. The molecule has 1 saturated carbocycles. The minimum atomic E-state index is -4.83. The van der Waals surface area contributed by atoms with Crippen LogP contribution in [0.25, 0.3) is 0 Å². The molecule has 0 bridgehead atoms. The van der Waals surface area contributed by atoms with E-state index in [4.69, 9.17) is 4.74 Å². The molecular formula is C24H25F7N4O4. The van der Waals surface area contributed by atoms with Gasteiger partial charge in [0.15, 0.2) is 6.61 Å². The van der Waals surface area contributed by atoms with Crippen LogP contribution < -0.4 is 10.1 Å². The topological polar surface area (TPSA) is 85.7 Å². The standard InChI is InChI=1S/C24H25F7N4O4/c25-20-9-17(5-6-19(20)23(26,27)28)38-13-21(36)33-15-1-3-16(4-2-15)35-11-14(10-32-35)22(37)34-8-7-18(12-34)39-24(29,30)31/h5-6,9-11,15-16,18H,1-4,7-8,12-13H2,(H,33,36)/t15?,16?,18-/m0/s1. The van der Waals surface area contributed by atoms with Gasteiger partial charge in [-0.15, -0.1) is 13.2 Å². The average Bonchev–Trinajstić information content (AvgIpc) is 3.51. The van der Waals surface area contributed by atoms with Crippen LogP contribution in [0.4, 0.5) is 30.7 Å². The molecule has 0 radical (unpaired) electrons. The number of likely N-dealkylation sites (tertiary alicyclic amines) is 1. The zero-order valence-electron chi connectivity index (χ0n) is 20.4. The number of carbonyl (C=O) groups is 2. The summed E-state index contributed by atoms with van der Waals surface area (Å²) in [7, 11) is 0. The van der Waals surface area contributed by atoms with Crippen molar-refractivity contribution in [1.82, 2.24) is 20.0 Å². The minimum absolute atomic E-state index is 0.0500. The number of aromatic nitrogens is 2. The predicted molar refractivity (Wildman–Crippen MR) is 120 cm³/mol. The highest BCUT2D eigenvalue weighted by Crippen LogP contribution is 2.33. The SMILES string of the molecule is O=C(COc1ccc(C(F)(F)F)c(F)c1)NC1CCC(n2cc(C(=O)N3CC[C@H](OC(F)(F)F)C3)cn2)CC1. The summed E-state index contributed by atoms with van der Waals surface area (Å²) >= 11 is 0. The molecule has 2 fully saturated rings. The summed E-state index contributed by atoms with van der Waals surface area (Å²) in [6.07, 6.45) is -5.28. The zero-order valence-corrected chi connectivity index (χ0v) is 20.4. The van der Waals surface area contributed by atoms with Crippen molar-refractivity contribution in [2.75, 3.05) is 19.7 Å². The second kappa shape index (κ2) is 11.4. The van der Waals surface area contributed by atoms with Gasteiger partial charge in [0.05, 0.1) is 29.5 Å². The maximum Gasteiger partial charge on any atom is 0.522 e. The van der Waals surface area contributed by atoms with E-state index < -0.39 is 48.4 Å². The lowest BCUT2D eigenvalue weighted by Gasteiger charge is -2.29. The van der Waals surface area contributed by atoms with Crippen molar-refractivity contribution < 1.29 is 49.8 Å². The van der Waals surface area contributed by atoms with E-state index in [-0.39, 0.29) is 42.9 Å². The molecule has 0 spiro atoms. The second-order valence-corrected chi connectivity index (χ2v) is 9.44. The Kier molecular flexibility index (Phi) is 8.37. The minimum Gasteiger partial charge on any atom is -0.484 e. The molecule has 2 aliphatic rings. The largest absolute Gasteiger partial charge is 0.522 e. The first-order chi connectivity index (χ1) is 18.3. The molecular weight excluding hydrogens is 541 g/mol. The maximum absolute atomic E-state index is 13.6. The number of nitrogens with one attached hydrogen (secondary N) is 1. The van der Waals surface area contributed by atoms with E-state index in [0.29, 0.717) is 37.8 Å². The number of halogens is 7. The molecule has 15 heteroatoms. The van der Waals surface area contributed by atoms with E-state index in [0.717, 1.165) is 6.07 Å². The van der Waals surface area contributed by atoms with Crippen molar-refractivity contribution in [1.29, 1.82) is 0 Å². The lowest BCUT2D eigenvalue weighted by atomic mass is 9.91. The highest BCUT2D eigenvalue weighted by Gasteiger charge is 2.38. The summed E-state index contributed by atoms with van der Waals surface area (Å²) in [4.78, 5) is 26.2. The Bertz CT molecular complexity index is 1180. The molecule has 1 aromatic heterocycles. The van der Waals surface area contributed by atoms with Gasteiger partial charge in [-0.3, -0.25) is 19.0 Å². The van der Waals surface area contributed by atoms with E-state index in [1.165, 1.54) is 11.1 Å². The number of rotatable bonds is 7. The van der Waals surface area contributed by atoms with Crippen LogP contribution in [0.3, 0.4) is 0 Å². The Morgan fingerprint density at radius 1 is 1.05 bits per heavy atom. The number of ether oxygens (including phenoxy) is 2. The molecule has 2 aromatic rings. The molecule has 1 atom stereocenters. The Morgan fingerprint density at radius 3 is 2.41 bits per heavy atom. The van der Waals surface area contributed by atoms with Crippen LogP contribution in [0.1, 0.15) is 54.1 Å². The van der Waals surface area contributed by atoms with Gasteiger partial charge in [-0.1, -0.05) is 0 Å². The van der Waals surface area contributed by atoms with Gasteiger partial charge < -0.3 is 15.0 Å². The van der Waals surface area contributed by atoms with Crippen LogP contribution in [-0.2, 0) is 15.7 Å². The first-order valence-corrected chi connectivity index (χ1v) is 12.2. The van der Waals surface area contributed by atoms with Crippen LogP contribution in [0.5, 0.6) is 5.75 Å². The first kappa shape index (κ1) is 28.6. The third kappa shape index (κ3) is 7.61.